The molecule has 0 radical (unpaired) electrons. The number of amides is 1. The first-order valence-corrected chi connectivity index (χ1v) is 9.87. The predicted molar refractivity (Wildman–Crippen MR) is 110 cm³/mol. The van der Waals surface area contributed by atoms with Crippen molar-refractivity contribution in [1.29, 1.82) is 0 Å². The molecule has 0 spiro atoms. The number of aliphatic hydroxyl groups excluding tert-OH is 1. The van der Waals surface area contributed by atoms with Gasteiger partial charge in [0.15, 0.2) is 0 Å². The number of piperidine rings is 1. The van der Waals surface area contributed by atoms with Gasteiger partial charge in [0.2, 0.25) is 0 Å². The van der Waals surface area contributed by atoms with E-state index >= 15 is 0 Å². The number of hydrogen-bond donors (Lipinski definition) is 2. The molecule has 1 aliphatic heterocycles. The molecule has 0 bridgehead atoms. The van der Waals surface area contributed by atoms with Gasteiger partial charge in [0.25, 0.3) is 5.91 Å². The monoisotopic (exact) mass is 378 g/mol. The van der Waals surface area contributed by atoms with Gasteiger partial charge in [-0.15, -0.1) is 0 Å². The molecule has 2 heterocycles. The van der Waals surface area contributed by atoms with Crippen molar-refractivity contribution in [3.63, 3.8) is 0 Å². The zero-order valence-corrected chi connectivity index (χ0v) is 15.9. The van der Waals surface area contributed by atoms with Crippen LogP contribution in [0.3, 0.4) is 0 Å². The number of imidazole rings is 1. The van der Waals surface area contributed by atoms with Gasteiger partial charge in [-0.2, -0.15) is 0 Å². The third-order valence-electron chi connectivity index (χ3n) is 5.49. The maximum absolute atomic E-state index is 13.0. The number of nitrogens with zero attached hydrogens (tertiary/aromatic N) is 3. The van der Waals surface area contributed by atoms with Crippen LogP contribution >= 0.6 is 0 Å². The largest absolute Gasteiger partial charge is 0.395 e. The maximum atomic E-state index is 13.0. The summed E-state index contributed by atoms with van der Waals surface area (Å²) in [6.07, 6.45) is 2.09. The molecule has 3 N–H and O–H groups in total. The summed E-state index contributed by atoms with van der Waals surface area (Å²) in [6, 6.07) is 15.5. The molecule has 146 valence electrons. The van der Waals surface area contributed by atoms with Crippen LogP contribution in [0.15, 0.2) is 48.5 Å². The third kappa shape index (κ3) is 3.53. The molecule has 6 nitrogen and oxygen atoms in total. The number of hydrogen-bond acceptors (Lipinski definition) is 4. The summed E-state index contributed by atoms with van der Waals surface area (Å²) < 4.78 is 2.00. The smallest absolute Gasteiger partial charge is 0.253 e. The predicted octanol–water partition coefficient (Wildman–Crippen LogP) is 2.51. The van der Waals surface area contributed by atoms with Crippen LogP contribution in [0.2, 0.25) is 0 Å². The SMILES string of the molecule is NCC1CCCN(C(=O)c2cccc(-c3nc4ccccc4n3CCO)c2)C1. The fourth-order valence-corrected chi connectivity index (χ4v) is 4.04. The standard InChI is InChI=1S/C22H26N4O2/c23-14-16-5-4-10-25(15-16)22(28)18-7-3-6-17(13-18)21-24-19-8-1-2-9-20(19)26(21)11-12-27/h1-3,6-9,13,16,27H,4-5,10-12,14-15,23H2. The molecule has 1 saturated heterocycles. The molecule has 6 heteroatoms. The molecule has 1 aliphatic rings. The number of aliphatic hydroxyl groups is 1. The number of rotatable bonds is 5. The van der Waals surface area contributed by atoms with Gasteiger partial charge in [0, 0.05) is 30.8 Å². The molecule has 3 aromatic rings. The van der Waals surface area contributed by atoms with E-state index in [1.54, 1.807) is 0 Å². The van der Waals surface area contributed by atoms with Crippen LogP contribution in [0.1, 0.15) is 23.2 Å². The van der Waals surface area contributed by atoms with E-state index in [2.05, 4.69) is 0 Å². The van der Waals surface area contributed by atoms with Crippen LogP contribution in [0.5, 0.6) is 0 Å². The van der Waals surface area contributed by atoms with Crippen molar-refractivity contribution in [2.45, 2.75) is 19.4 Å². The summed E-state index contributed by atoms with van der Waals surface area (Å²) in [5.74, 6) is 1.20. The Balaban J connectivity index is 1.68. The summed E-state index contributed by atoms with van der Waals surface area (Å²) >= 11 is 0. The minimum atomic E-state index is 0.0280. The summed E-state index contributed by atoms with van der Waals surface area (Å²) in [4.78, 5) is 19.7. The Morgan fingerprint density at radius 2 is 2.07 bits per heavy atom. The van der Waals surface area contributed by atoms with Crippen LogP contribution in [-0.2, 0) is 6.54 Å². The van der Waals surface area contributed by atoms with Crippen molar-refractivity contribution in [2.24, 2.45) is 11.7 Å². The lowest BCUT2D eigenvalue weighted by Gasteiger charge is -2.32. The second-order valence-corrected chi connectivity index (χ2v) is 7.38. The quantitative estimate of drug-likeness (QED) is 0.714. The molecule has 1 atom stereocenters. The van der Waals surface area contributed by atoms with E-state index in [9.17, 15) is 9.90 Å². The van der Waals surface area contributed by atoms with Gasteiger partial charge in [0.1, 0.15) is 5.82 Å². The van der Waals surface area contributed by atoms with Gasteiger partial charge in [0.05, 0.1) is 17.6 Å². The number of likely N-dealkylation sites (tertiary alicyclic amines) is 1. The molecule has 1 amide bonds. The Kier molecular flexibility index (Phi) is 5.41. The lowest BCUT2D eigenvalue weighted by atomic mass is 9.97. The fraction of sp³-hybridized carbons (Fsp3) is 0.364. The first kappa shape index (κ1) is 18.7. The van der Waals surface area contributed by atoms with Gasteiger partial charge in [-0.05, 0) is 49.6 Å². The van der Waals surface area contributed by atoms with Crippen molar-refractivity contribution in [2.75, 3.05) is 26.2 Å². The molecule has 0 aliphatic carbocycles. The lowest BCUT2D eigenvalue weighted by molar-refractivity contribution is 0.0678. The van der Waals surface area contributed by atoms with E-state index < -0.39 is 0 Å². The molecule has 2 aromatic carbocycles. The number of carbonyl (C=O) groups is 1. The van der Waals surface area contributed by atoms with Crippen molar-refractivity contribution in [1.82, 2.24) is 14.5 Å². The molecule has 0 saturated carbocycles. The van der Waals surface area contributed by atoms with Crippen LogP contribution in [-0.4, -0.2) is 51.7 Å². The highest BCUT2D eigenvalue weighted by Crippen LogP contribution is 2.26. The minimum absolute atomic E-state index is 0.0280. The zero-order valence-electron chi connectivity index (χ0n) is 15.9. The highest BCUT2D eigenvalue weighted by Gasteiger charge is 2.24. The number of nitrogens with two attached hydrogens (primary N) is 1. The third-order valence-corrected chi connectivity index (χ3v) is 5.49. The number of aromatic nitrogens is 2. The van der Waals surface area contributed by atoms with E-state index in [1.807, 2.05) is 58.0 Å². The Morgan fingerprint density at radius 3 is 2.89 bits per heavy atom. The summed E-state index contributed by atoms with van der Waals surface area (Å²) in [5, 5.41) is 9.51. The average Bonchev–Trinajstić information content (AvgIpc) is 3.12. The number of benzene rings is 2. The molecule has 1 unspecified atom stereocenters. The first-order valence-electron chi connectivity index (χ1n) is 9.87. The Bertz CT molecular complexity index is 982. The number of fused-ring (bicyclic) bond motifs is 1. The topological polar surface area (TPSA) is 84.4 Å². The van der Waals surface area contributed by atoms with Crippen LogP contribution in [0, 0.1) is 5.92 Å². The lowest BCUT2D eigenvalue weighted by Crippen LogP contribution is -2.42. The van der Waals surface area contributed by atoms with Crippen LogP contribution < -0.4 is 5.73 Å². The Labute approximate surface area is 164 Å². The highest BCUT2D eigenvalue weighted by atomic mass is 16.3. The van der Waals surface area contributed by atoms with Gasteiger partial charge in [-0.1, -0.05) is 24.3 Å². The number of para-hydroxylation sites is 2. The summed E-state index contributed by atoms with van der Waals surface area (Å²) in [6.45, 7) is 2.61. The molecular formula is C22H26N4O2. The Morgan fingerprint density at radius 1 is 1.21 bits per heavy atom. The van der Waals surface area contributed by atoms with Crippen LogP contribution in [0.25, 0.3) is 22.4 Å². The molecule has 1 fully saturated rings. The minimum Gasteiger partial charge on any atom is -0.395 e. The summed E-state index contributed by atoms with van der Waals surface area (Å²) in [5.41, 5.74) is 9.22. The molecule has 28 heavy (non-hydrogen) atoms. The van der Waals surface area contributed by atoms with E-state index in [0.29, 0.717) is 24.6 Å². The van der Waals surface area contributed by atoms with Crippen molar-refractivity contribution in [3.05, 3.63) is 54.1 Å². The maximum Gasteiger partial charge on any atom is 0.253 e. The fourth-order valence-electron chi connectivity index (χ4n) is 4.04. The second-order valence-electron chi connectivity index (χ2n) is 7.38. The second kappa shape index (κ2) is 8.12. The highest BCUT2D eigenvalue weighted by molar-refractivity contribution is 5.95. The van der Waals surface area contributed by atoms with Gasteiger partial charge in [-0.25, -0.2) is 4.98 Å². The first-order chi connectivity index (χ1) is 13.7. The van der Waals surface area contributed by atoms with Gasteiger partial charge < -0.3 is 20.3 Å². The van der Waals surface area contributed by atoms with Crippen molar-refractivity contribution < 1.29 is 9.90 Å². The van der Waals surface area contributed by atoms with Gasteiger partial charge in [-0.3, -0.25) is 4.79 Å². The van der Waals surface area contributed by atoms with E-state index in [0.717, 1.165) is 48.4 Å². The van der Waals surface area contributed by atoms with Gasteiger partial charge >= 0.3 is 0 Å². The number of carbonyl (C=O) groups excluding carboxylic acids is 1. The molecule has 1 aromatic heterocycles. The average molecular weight is 378 g/mol. The van der Waals surface area contributed by atoms with Crippen LogP contribution in [0.4, 0.5) is 0 Å². The normalized spacial score (nSPS) is 17.2. The van der Waals surface area contributed by atoms with E-state index in [4.69, 9.17) is 10.7 Å². The van der Waals surface area contributed by atoms with Crippen molar-refractivity contribution >= 4 is 16.9 Å². The molecule has 4 rings (SSSR count). The Hall–Kier alpha value is -2.70. The van der Waals surface area contributed by atoms with E-state index in [-0.39, 0.29) is 12.5 Å². The van der Waals surface area contributed by atoms with Crippen molar-refractivity contribution in [3.8, 4) is 11.4 Å². The van der Waals surface area contributed by atoms with E-state index in [1.165, 1.54) is 0 Å². The summed E-state index contributed by atoms with van der Waals surface area (Å²) in [7, 11) is 0. The zero-order chi connectivity index (χ0) is 19.5. The molecular weight excluding hydrogens is 352 g/mol.